The molecule has 4 aliphatic carbocycles. The highest BCUT2D eigenvalue weighted by Gasteiger charge is 2.19. The highest BCUT2D eigenvalue weighted by Crippen LogP contribution is 2.35. The lowest BCUT2D eigenvalue weighted by Crippen LogP contribution is -2.12. The van der Waals surface area contributed by atoms with E-state index in [1.165, 1.54) is 44.2 Å². The Bertz CT molecular complexity index is 1560. The van der Waals surface area contributed by atoms with Gasteiger partial charge in [-0.2, -0.15) is 0 Å². The number of aryl methyl sites for hydroxylation is 4. The summed E-state index contributed by atoms with van der Waals surface area (Å²) < 4.78 is 0. The number of benzene rings is 4. The molecule has 0 saturated carbocycles. The molecule has 0 amide bonds. The summed E-state index contributed by atoms with van der Waals surface area (Å²) in [4.78, 5) is 9.50. The predicted molar refractivity (Wildman–Crippen MR) is 150 cm³/mol. The van der Waals surface area contributed by atoms with Gasteiger partial charge in [0.15, 0.2) is 0 Å². The van der Waals surface area contributed by atoms with E-state index in [-0.39, 0.29) is 5.41 Å². The van der Waals surface area contributed by atoms with Crippen LogP contribution in [0.15, 0.2) is 91.3 Å². The smallest absolute Gasteiger partial charge is 0.116 e. The molecule has 36 heavy (non-hydrogen) atoms. The summed E-state index contributed by atoms with van der Waals surface area (Å²) in [6.07, 6.45) is 5.85. The maximum atomic E-state index is 4.77. The van der Waals surface area contributed by atoms with E-state index in [0.717, 1.165) is 42.6 Å². The summed E-state index contributed by atoms with van der Waals surface area (Å²) in [6, 6.07) is 31.6. The van der Waals surface area contributed by atoms with Crippen LogP contribution < -0.4 is 0 Å². The molecule has 0 N–H and O–H groups in total. The lowest BCUT2D eigenvalue weighted by molar-refractivity contribution is 0.596. The topological polar surface area (TPSA) is 25.8 Å². The first-order chi connectivity index (χ1) is 17.4. The zero-order chi connectivity index (χ0) is 24.7. The van der Waals surface area contributed by atoms with Crippen molar-refractivity contribution in [1.29, 1.82) is 0 Å². The summed E-state index contributed by atoms with van der Waals surface area (Å²) in [5.41, 5.74) is 11.3. The number of rotatable bonds is 2. The van der Waals surface area contributed by atoms with Gasteiger partial charge in [0.25, 0.3) is 0 Å². The fourth-order valence-electron chi connectivity index (χ4n) is 5.42. The number of hydrogen-bond donors (Lipinski definition) is 0. The first-order valence-corrected chi connectivity index (χ1v) is 13.0. The van der Waals surface area contributed by atoms with Crippen molar-refractivity contribution >= 4 is 10.8 Å². The standard InChI is InChI=1S/C34H32N2/c1-34(2,3)31-20-28(19-27-6-4-5-7-29(27)31)32-21-33(36-22-35-32)30-18-25-13-12-23-8-10-24(11-9-23)14-16-26(30)17-15-25/h4-11,15,17-22H,12-14,16H2,1-3H3. The number of aromatic nitrogens is 2. The molecule has 0 unspecified atom stereocenters. The van der Waals surface area contributed by atoms with Gasteiger partial charge in [0, 0.05) is 11.1 Å². The second kappa shape index (κ2) is 9.02. The molecule has 1 aromatic heterocycles. The van der Waals surface area contributed by atoms with Gasteiger partial charge in [-0.1, -0.05) is 81.4 Å². The second-order valence-electron chi connectivity index (χ2n) is 11.1. The molecule has 4 bridgehead atoms. The molecule has 0 saturated heterocycles. The molecule has 4 aliphatic rings. The van der Waals surface area contributed by atoms with Gasteiger partial charge in [-0.05, 0) is 94.0 Å². The number of hydrogen-bond acceptors (Lipinski definition) is 2. The van der Waals surface area contributed by atoms with Crippen molar-refractivity contribution < 1.29 is 0 Å². The van der Waals surface area contributed by atoms with Crippen molar-refractivity contribution in [2.75, 3.05) is 0 Å². The van der Waals surface area contributed by atoms with Crippen LogP contribution in [0.5, 0.6) is 0 Å². The second-order valence-corrected chi connectivity index (χ2v) is 11.1. The van der Waals surface area contributed by atoms with E-state index in [4.69, 9.17) is 9.97 Å². The van der Waals surface area contributed by atoms with Crippen molar-refractivity contribution in [3.63, 3.8) is 0 Å². The van der Waals surface area contributed by atoms with Crippen LogP contribution in [0, 0.1) is 0 Å². The van der Waals surface area contributed by atoms with Crippen LogP contribution in [-0.2, 0) is 31.1 Å². The zero-order valence-corrected chi connectivity index (χ0v) is 21.4. The minimum absolute atomic E-state index is 0.0376. The summed E-state index contributed by atoms with van der Waals surface area (Å²) in [5.74, 6) is 0. The average molecular weight is 469 g/mol. The van der Waals surface area contributed by atoms with E-state index in [1.54, 1.807) is 6.33 Å². The molecule has 2 nitrogen and oxygen atoms in total. The number of fused-ring (bicyclic) bond motifs is 1. The Hall–Kier alpha value is -3.78. The van der Waals surface area contributed by atoms with Crippen LogP contribution in [0.1, 0.15) is 48.6 Å². The molecule has 2 heteroatoms. The summed E-state index contributed by atoms with van der Waals surface area (Å²) in [6.45, 7) is 6.84. The lowest BCUT2D eigenvalue weighted by atomic mass is 9.82. The van der Waals surface area contributed by atoms with Crippen molar-refractivity contribution in [3.05, 3.63) is 119 Å². The van der Waals surface area contributed by atoms with Crippen LogP contribution >= 0.6 is 0 Å². The molecular formula is C34H32N2. The van der Waals surface area contributed by atoms with Crippen LogP contribution in [0.25, 0.3) is 33.3 Å². The van der Waals surface area contributed by atoms with Crippen LogP contribution in [0.3, 0.4) is 0 Å². The lowest BCUT2D eigenvalue weighted by Gasteiger charge is -2.22. The van der Waals surface area contributed by atoms with E-state index in [2.05, 4.69) is 106 Å². The molecule has 0 radical (unpaired) electrons. The molecular weight excluding hydrogens is 436 g/mol. The average Bonchev–Trinajstić information content (AvgIpc) is 2.89. The van der Waals surface area contributed by atoms with Crippen LogP contribution in [0.4, 0.5) is 0 Å². The van der Waals surface area contributed by atoms with Crippen LogP contribution in [0.2, 0.25) is 0 Å². The molecule has 0 spiro atoms. The van der Waals surface area contributed by atoms with Crippen molar-refractivity contribution in [3.8, 4) is 22.5 Å². The van der Waals surface area contributed by atoms with Crippen LogP contribution in [-0.4, -0.2) is 9.97 Å². The first-order valence-electron chi connectivity index (χ1n) is 13.0. The molecule has 0 aliphatic heterocycles. The summed E-state index contributed by atoms with van der Waals surface area (Å²) in [7, 11) is 0. The minimum atomic E-state index is 0.0376. The quantitative estimate of drug-likeness (QED) is 0.261. The molecule has 4 aromatic carbocycles. The van der Waals surface area contributed by atoms with Gasteiger partial charge in [-0.3, -0.25) is 0 Å². The zero-order valence-electron chi connectivity index (χ0n) is 21.4. The fourth-order valence-corrected chi connectivity index (χ4v) is 5.42. The summed E-state index contributed by atoms with van der Waals surface area (Å²) in [5, 5.41) is 2.56. The predicted octanol–water partition coefficient (Wildman–Crippen LogP) is 8.15. The maximum absolute atomic E-state index is 4.77. The molecule has 0 atom stereocenters. The fraction of sp³-hybridized carbons (Fsp3) is 0.235. The highest BCUT2D eigenvalue weighted by atomic mass is 14.8. The van der Waals surface area contributed by atoms with Gasteiger partial charge in [0.2, 0.25) is 0 Å². The van der Waals surface area contributed by atoms with Gasteiger partial charge < -0.3 is 0 Å². The Labute approximate surface area is 214 Å². The molecule has 178 valence electrons. The SMILES string of the molecule is CC(C)(C)c1cc(-c2cc(-c3cc4ccc3CCc3ccc(cc3)CC4)ncn2)cc2ccccc12. The third kappa shape index (κ3) is 4.44. The first kappa shape index (κ1) is 22.7. The van der Waals surface area contributed by atoms with E-state index in [1.807, 2.05) is 0 Å². The van der Waals surface area contributed by atoms with E-state index in [0.29, 0.717) is 0 Å². The Morgan fingerprint density at radius 1 is 0.611 bits per heavy atom. The largest absolute Gasteiger partial charge is 0.236 e. The monoisotopic (exact) mass is 468 g/mol. The van der Waals surface area contributed by atoms with Gasteiger partial charge in [-0.25, -0.2) is 9.97 Å². The Kier molecular flexibility index (Phi) is 5.68. The van der Waals surface area contributed by atoms with E-state index in [9.17, 15) is 0 Å². The Morgan fingerprint density at radius 2 is 1.28 bits per heavy atom. The van der Waals surface area contributed by atoms with E-state index >= 15 is 0 Å². The summed E-state index contributed by atoms with van der Waals surface area (Å²) >= 11 is 0. The normalized spacial score (nSPS) is 13.5. The van der Waals surface area contributed by atoms with Gasteiger partial charge in [0.1, 0.15) is 6.33 Å². The third-order valence-corrected chi connectivity index (χ3v) is 7.49. The van der Waals surface area contributed by atoms with Gasteiger partial charge >= 0.3 is 0 Å². The van der Waals surface area contributed by atoms with Crippen molar-refractivity contribution in [1.82, 2.24) is 9.97 Å². The maximum Gasteiger partial charge on any atom is 0.116 e. The van der Waals surface area contributed by atoms with Crippen molar-refractivity contribution in [2.45, 2.75) is 51.9 Å². The molecule has 0 fully saturated rings. The Morgan fingerprint density at radius 3 is 2.06 bits per heavy atom. The van der Waals surface area contributed by atoms with Crippen molar-refractivity contribution in [2.24, 2.45) is 0 Å². The molecule has 9 rings (SSSR count). The Balaban J connectivity index is 1.45. The van der Waals surface area contributed by atoms with E-state index < -0.39 is 0 Å². The highest BCUT2D eigenvalue weighted by molar-refractivity contribution is 5.91. The van der Waals surface area contributed by atoms with Gasteiger partial charge in [0.05, 0.1) is 11.4 Å². The van der Waals surface area contributed by atoms with Gasteiger partial charge in [-0.15, -0.1) is 0 Å². The molecule has 5 aromatic rings. The number of nitrogens with zero attached hydrogens (tertiary/aromatic N) is 2. The minimum Gasteiger partial charge on any atom is -0.236 e. The third-order valence-electron chi connectivity index (χ3n) is 7.49. The molecule has 1 heterocycles.